The van der Waals surface area contributed by atoms with Gasteiger partial charge in [0.1, 0.15) is 0 Å². The van der Waals surface area contributed by atoms with Crippen molar-refractivity contribution >= 4 is 27.6 Å². The molecule has 0 fully saturated rings. The van der Waals surface area contributed by atoms with Gasteiger partial charge in [-0.15, -0.1) is 19.0 Å². The van der Waals surface area contributed by atoms with Gasteiger partial charge in [0.2, 0.25) is 0 Å². The van der Waals surface area contributed by atoms with Crippen molar-refractivity contribution in [2.45, 2.75) is 31.3 Å². The van der Waals surface area contributed by atoms with E-state index in [2.05, 4.69) is 13.8 Å². The first kappa shape index (κ1) is 22.4. The molecule has 64 valence electrons. The molecule has 0 unspecified atom stereocenters. The third kappa shape index (κ3) is 69.7. The zero-order valence-electron chi connectivity index (χ0n) is 7.22. The minimum absolute atomic E-state index is 0. The normalized spacial score (nSPS) is 5.20. The third-order valence-electron chi connectivity index (χ3n) is 0.577. The molecule has 0 aromatic carbocycles. The van der Waals surface area contributed by atoms with Crippen molar-refractivity contribution in [2.24, 2.45) is 0 Å². The number of hydrogen-bond donors (Lipinski definition) is 1. The number of hydrogen-bond acceptors (Lipinski definition) is 2. The molecule has 0 radical (unpaired) electrons. The minimum atomic E-state index is 0. The van der Waals surface area contributed by atoms with Crippen LogP contribution in [0.15, 0.2) is 0 Å². The Labute approximate surface area is 77.1 Å². The zero-order valence-corrected chi connectivity index (χ0v) is 9.19. The number of rotatable bonds is 2. The zero-order chi connectivity index (χ0) is 6.83. The van der Waals surface area contributed by atoms with E-state index in [0.29, 0.717) is 0 Å². The molecular formula is C6H19AlClNO. The first-order valence-corrected chi connectivity index (χ1v) is 4.86. The average Bonchev–Trinajstić information content (AvgIpc) is 1.71. The van der Waals surface area contributed by atoms with Crippen molar-refractivity contribution < 1.29 is 5.11 Å². The van der Waals surface area contributed by atoms with Crippen LogP contribution < -0.4 is 11.3 Å². The molecule has 10 heavy (non-hydrogen) atoms. The second kappa shape index (κ2) is 33.1. The van der Waals surface area contributed by atoms with Gasteiger partial charge in [-0.25, -0.2) is 0 Å². The molecule has 0 rings (SSSR count). The summed E-state index contributed by atoms with van der Waals surface area (Å²) in [6.07, 6.45) is 0. The van der Waals surface area contributed by atoms with Crippen LogP contribution in [0.2, 0.25) is 10.6 Å². The molecular weight excluding hydrogens is 165 g/mol. The Morgan fingerprint density at radius 1 is 1.10 bits per heavy atom. The topological polar surface area (TPSA) is 58.1 Å². The smallest absolute Gasteiger partial charge is 0.147 e. The summed E-state index contributed by atoms with van der Waals surface area (Å²) >= 11 is 0.815. The molecule has 0 saturated heterocycles. The summed E-state index contributed by atoms with van der Waals surface area (Å²) in [7, 11) is 0. The molecule has 3 N–H and O–H groups in total. The molecule has 0 amide bonds. The molecule has 0 spiro atoms. The van der Waals surface area contributed by atoms with Crippen molar-refractivity contribution in [1.82, 2.24) is 6.15 Å². The number of halogens is 1. The van der Waals surface area contributed by atoms with E-state index in [0.717, 1.165) is 15.2 Å². The molecule has 0 aliphatic heterocycles. The summed E-state index contributed by atoms with van der Waals surface area (Å²) < 4.78 is 0. The second-order valence-corrected chi connectivity index (χ2v) is 3.60. The standard InChI is InChI=1S/C2H5O.2C2H5.Al.ClH.H3N/c1-2-3;2*1-2;;;/h2H2,1H3;2*1H2,2H3;;1H;1H3/q-1;;;+1;;. The van der Waals surface area contributed by atoms with Crippen LogP contribution in [0.25, 0.3) is 0 Å². The van der Waals surface area contributed by atoms with Gasteiger partial charge >= 0.3 is 39.6 Å². The van der Waals surface area contributed by atoms with E-state index in [4.69, 9.17) is 5.11 Å². The predicted octanol–water partition coefficient (Wildman–Crippen LogP) is 1.52. The van der Waals surface area contributed by atoms with Crippen LogP contribution in [0, 0.1) is 0 Å². The van der Waals surface area contributed by atoms with Crippen LogP contribution >= 0.6 is 12.4 Å². The van der Waals surface area contributed by atoms with Crippen molar-refractivity contribution in [3.8, 4) is 0 Å². The maximum Gasteiger partial charge on any atom is -0.147 e. The average molecular weight is 184 g/mol. The monoisotopic (exact) mass is 183 g/mol. The van der Waals surface area contributed by atoms with E-state index in [-0.39, 0.29) is 25.2 Å². The van der Waals surface area contributed by atoms with Crippen molar-refractivity contribution in [1.29, 1.82) is 0 Å². The Balaban J connectivity index is -0.0000000326. The first-order valence-electron chi connectivity index (χ1n) is 3.23. The third-order valence-corrected chi connectivity index (χ3v) is 1.73. The molecule has 0 aliphatic rings. The fourth-order valence-corrected chi connectivity index (χ4v) is 0.866. The Kier molecular flexibility index (Phi) is 74.3. The van der Waals surface area contributed by atoms with Crippen LogP contribution in [0.4, 0.5) is 0 Å². The van der Waals surface area contributed by atoms with Crippen LogP contribution in [-0.4, -0.2) is 21.8 Å². The summed E-state index contributed by atoms with van der Waals surface area (Å²) in [6.45, 7) is 6.07. The fraction of sp³-hybridized carbons (Fsp3) is 1.00. The van der Waals surface area contributed by atoms with E-state index < -0.39 is 0 Å². The summed E-state index contributed by atoms with van der Waals surface area (Å²) in [6, 6.07) is 0. The predicted molar refractivity (Wildman–Crippen MR) is 49.5 cm³/mol. The quantitative estimate of drug-likeness (QED) is 0.660. The molecule has 4 heteroatoms. The van der Waals surface area contributed by atoms with Gasteiger partial charge in [-0.3, -0.25) is 0 Å². The van der Waals surface area contributed by atoms with E-state index in [1.165, 1.54) is 10.6 Å². The Hall–Kier alpha value is 0.742. The van der Waals surface area contributed by atoms with Crippen LogP contribution in [0.5, 0.6) is 0 Å². The van der Waals surface area contributed by atoms with Gasteiger partial charge in [0, 0.05) is 0 Å². The maximum absolute atomic E-state index is 8.93. The van der Waals surface area contributed by atoms with Crippen molar-refractivity contribution in [3.05, 3.63) is 0 Å². The van der Waals surface area contributed by atoms with Gasteiger partial charge in [-0.2, -0.15) is 0 Å². The van der Waals surface area contributed by atoms with Crippen LogP contribution in [0.1, 0.15) is 20.8 Å². The molecule has 0 aliphatic carbocycles. The van der Waals surface area contributed by atoms with Crippen LogP contribution in [-0.2, 0) is 0 Å². The van der Waals surface area contributed by atoms with Crippen LogP contribution in [0.3, 0.4) is 0 Å². The summed E-state index contributed by atoms with van der Waals surface area (Å²) in [5.41, 5.74) is 0. The van der Waals surface area contributed by atoms with Gasteiger partial charge in [-0.05, 0) is 0 Å². The summed E-state index contributed by atoms with van der Waals surface area (Å²) in [5.74, 6) is 0. The molecule has 0 saturated carbocycles. The Morgan fingerprint density at radius 2 is 1.30 bits per heavy atom. The molecule has 0 aromatic rings. The van der Waals surface area contributed by atoms with E-state index in [1.54, 1.807) is 6.92 Å². The Morgan fingerprint density at radius 3 is 1.30 bits per heavy atom. The minimum Gasteiger partial charge on any atom is -0.344 e. The molecule has 0 heterocycles. The van der Waals surface area contributed by atoms with Gasteiger partial charge in [-0.1, -0.05) is 6.92 Å². The molecule has 2 nitrogen and oxygen atoms in total. The molecule has 0 atom stereocenters. The summed E-state index contributed by atoms with van der Waals surface area (Å²) in [5, 5.41) is 11.8. The largest absolute Gasteiger partial charge is 0.344 e. The Bertz CT molecular complexity index is 31.7. The second-order valence-electron chi connectivity index (χ2n) is 1.39. The van der Waals surface area contributed by atoms with E-state index in [1.807, 2.05) is 0 Å². The fourth-order valence-electron chi connectivity index (χ4n) is 0.289. The van der Waals surface area contributed by atoms with E-state index >= 15 is 0 Å². The van der Waals surface area contributed by atoms with Gasteiger partial charge < -0.3 is 11.3 Å². The van der Waals surface area contributed by atoms with Gasteiger partial charge in [0.25, 0.3) is 0 Å². The van der Waals surface area contributed by atoms with Gasteiger partial charge in [0.15, 0.2) is 0 Å². The van der Waals surface area contributed by atoms with Crippen molar-refractivity contribution in [2.75, 3.05) is 6.61 Å². The molecule has 0 bridgehead atoms. The van der Waals surface area contributed by atoms with Crippen molar-refractivity contribution in [3.63, 3.8) is 0 Å². The maximum atomic E-state index is 8.93. The SMILES string of the molecule is CC[O-].C[CH2][Al+][CH2]C.Cl.N. The summed E-state index contributed by atoms with van der Waals surface area (Å²) in [4.78, 5) is 0. The van der Waals surface area contributed by atoms with E-state index in [9.17, 15) is 0 Å². The van der Waals surface area contributed by atoms with Gasteiger partial charge in [0.05, 0.1) is 0 Å². The molecule has 0 aromatic heterocycles. The first-order chi connectivity index (χ1) is 3.83.